The Morgan fingerprint density at radius 3 is 2.48 bits per heavy atom. The molecule has 1 aromatic rings. The zero-order chi connectivity index (χ0) is 33.9. The molecule has 0 aliphatic carbocycles. The molecule has 1 aromatic carbocycles. The molecule has 0 bridgehead atoms. The number of likely N-dealkylation sites (tertiary alicyclic amines) is 1. The predicted molar refractivity (Wildman–Crippen MR) is 179 cm³/mol. The summed E-state index contributed by atoms with van der Waals surface area (Å²) in [4.78, 5) is 50.7. The Hall–Kier alpha value is -2.76. The number of hydrazine groups is 1. The Morgan fingerprint density at radius 2 is 1.87 bits per heavy atom. The van der Waals surface area contributed by atoms with Gasteiger partial charge in [0.25, 0.3) is 11.6 Å². The molecule has 3 N–H and O–H groups in total. The number of rotatable bonds is 15. The van der Waals surface area contributed by atoms with E-state index in [0.29, 0.717) is 43.1 Å². The summed E-state index contributed by atoms with van der Waals surface area (Å²) >= 11 is 1.55. The monoisotopic (exact) mass is 682 g/mol. The van der Waals surface area contributed by atoms with Gasteiger partial charge in [-0.1, -0.05) is 20.8 Å². The van der Waals surface area contributed by atoms with Gasteiger partial charge in [-0.3, -0.25) is 24.7 Å². The lowest BCUT2D eigenvalue weighted by Gasteiger charge is -2.38. The number of aliphatic hydroxyl groups excluding tert-OH is 1. The molecule has 0 saturated carbocycles. The Morgan fingerprint density at radius 1 is 1.20 bits per heavy atom. The molecule has 2 aliphatic heterocycles. The van der Waals surface area contributed by atoms with Gasteiger partial charge in [0.1, 0.15) is 6.61 Å². The quantitative estimate of drug-likeness (QED) is 0.108. The number of nitrogens with one attached hydrogen (secondary N) is 2. The second-order valence-corrected chi connectivity index (χ2v) is 19.0. The molecule has 2 fully saturated rings. The molecule has 46 heavy (non-hydrogen) atoms. The molecule has 16 heteroatoms. The molecular formula is C30H50N6O8SSi. The van der Waals surface area contributed by atoms with Gasteiger partial charge in [0.15, 0.2) is 8.32 Å². The molecule has 2 atom stereocenters. The Balaban J connectivity index is 1.51. The van der Waals surface area contributed by atoms with Gasteiger partial charge in [0.2, 0.25) is 5.91 Å². The van der Waals surface area contributed by atoms with Gasteiger partial charge < -0.3 is 29.8 Å². The average molecular weight is 683 g/mol. The summed E-state index contributed by atoms with van der Waals surface area (Å²) < 4.78 is 12.3. The SMILES string of the molecule is CC(C)(C)[Si](C)(C)O[C@H]1C[C@@H](CSCCC(=O)NCC(=O)N(CCO)N2CCNCC2)N(C(=O)OCc2ccc([N+](=O)[O-])cc2)C1. The number of benzene rings is 1. The summed E-state index contributed by atoms with van der Waals surface area (Å²) in [6, 6.07) is 5.75. The van der Waals surface area contributed by atoms with E-state index in [1.165, 1.54) is 17.1 Å². The number of amides is 3. The second-order valence-electron chi connectivity index (χ2n) is 13.1. The molecular weight excluding hydrogens is 633 g/mol. The van der Waals surface area contributed by atoms with Crippen LogP contribution in [0.1, 0.15) is 39.2 Å². The minimum atomic E-state index is -2.09. The van der Waals surface area contributed by atoms with E-state index in [9.17, 15) is 29.6 Å². The van der Waals surface area contributed by atoms with Crippen LogP contribution in [-0.2, 0) is 25.4 Å². The van der Waals surface area contributed by atoms with Crippen molar-refractivity contribution in [2.75, 3.05) is 63.9 Å². The van der Waals surface area contributed by atoms with E-state index in [1.807, 2.05) is 5.01 Å². The predicted octanol–water partition coefficient (Wildman–Crippen LogP) is 2.58. The van der Waals surface area contributed by atoms with Crippen molar-refractivity contribution in [2.45, 2.75) is 70.5 Å². The molecule has 0 radical (unpaired) electrons. The molecule has 2 saturated heterocycles. The Labute approximate surface area is 276 Å². The zero-order valence-electron chi connectivity index (χ0n) is 27.7. The number of aliphatic hydroxyl groups is 1. The van der Waals surface area contributed by atoms with Gasteiger partial charge in [-0.25, -0.2) is 9.80 Å². The summed E-state index contributed by atoms with van der Waals surface area (Å²) in [7, 11) is -2.09. The first-order valence-corrected chi connectivity index (χ1v) is 19.8. The van der Waals surface area contributed by atoms with Gasteiger partial charge in [0.05, 0.1) is 30.7 Å². The molecule has 0 spiro atoms. The van der Waals surface area contributed by atoms with Crippen LogP contribution >= 0.6 is 11.8 Å². The lowest BCUT2D eigenvalue weighted by molar-refractivity contribution is -0.384. The van der Waals surface area contributed by atoms with E-state index in [1.54, 1.807) is 28.8 Å². The van der Waals surface area contributed by atoms with Crippen LogP contribution in [0.5, 0.6) is 0 Å². The number of nitro groups is 1. The number of nitrogens with zero attached hydrogens (tertiary/aromatic N) is 4. The number of hydrogen-bond donors (Lipinski definition) is 3. The smallest absolute Gasteiger partial charge is 0.410 e. The highest BCUT2D eigenvalue weighted by Gasteiger charge is 2.44. The molecule has 3 amide bonds. The fraction of sp³-hybridized carbons (Fsp3) is 0.700. The standard InChI is InChI=1S/C30H50N6O8SSi/c1-30(2,3)46(4,5)44-26-18-25(34(20-26)29(40)43-21-23-6-8-24(9-7-23)36(41)42)22-45-17-10-27(38)32-19-28(39)35(15-16-37)33-13-11-31-12-14-33/h6-9,25-26,31,37H,10-22H2,1-5H3,(H,32,38)/t25-,26-/m0/s1. The van der Waals surface area contributed by atoms with E-state index in [0.717, 1.165) is 13.1 Å². The summed E-state index contributed by atoms with van der Waals surface area (Å²) in [6.45, 7) is 14.0. The normalized spacial score (nSPS) is 19.1. The first kappa shape index (κ1) is 37.7. The van der Waals surface area contributed by atoms with Crippen LogP contribution in [0.3, 0.4) is 0 Å². The molecule has 0 aromatic heterocycles. The van der Waals surface area contributed by atoms with Gasteiger partial charge in [-0.15, -0.1) is 0 Å². The lowest BCUT2D eigenvalue weighted by Crippen LogP contribution is -2.57. The fourth-order valence-electron chi connectivity index (χ4n) is 5.03. The third-order valence-electron chi connectivity index (χ3n) is 8.64. The van der Waals surface area contributed by atoms with E-state index in [4.69, 9.17) is 9.16 Å². The van der Waals surface area contributed by atoms with Crippen molar-refractivity contribution in [3.05, 3.63) is 39.9 Å². The van der Waals surface area contributed by atoms with Crippen molar-refractivity contribution >= 4 is 43.7 Å². The van der Waals surface area contributed by atoms with Gasteiger partial charge in [0, 0.05) is 68.8 Å². The number of thioether (sulfide) groups is 1. The van der Waals surface area contributed by atoms with Crippen molar-refractivity contribution in [1.82, 2.24) is 25.6 Å². The van der Waals surface area contributed by atoms with E-state index in [-0.39, 0.29) is 67.4 Å². The molecule has 14 nitrogen and oxygen atoms in total. The first-order chi connectivity index (χ1) is 21.7. The lowest BCUT2D eigenvalue weighted by atomic mass is 10.2. The van der Waals surface area contributed by atoms with Crippen molar-refractivity contribution in [1.29, 1.82) is 0 Å². The van der Waals surface area contributed by atoms with Crippen LogP contribution in [0.15, 0.2) is 24.3 Å². The van der Waals surface area contributed by atoms with Crippen molar-refractivity contribution in [2.24, 2.45) is 0 Å². The zero-order valence-corrected chi connectivity index (χ0v) is 29.5. The molecule has 258 valence electrons. The molecule has 3 rings (SSSR count). The summed E-state index contributed by atoms with van der Waals surface area (Å²) in [5, 5.41) is 29.7. The number of ether oxygens (including phenoxy) is 1. The van der Waals surface area contributed by atoms with Crippen LogP contribution in [0.25, 0.3) is 0 Å². The number of nitro benzene ring substituents is 1. The van der Waals surface area contributed by atoms with Gasteiger partial charge >= 0.3 is 6.09 Å². The van der Waals surface area contributed by atoms with Crippen LogP contribution in [0.4, 0.5) is 10.5 Å². The summed E-state index contributed by atoms with van der Waals surface area (Å²) in [5.41, 5.74) is 0.617. The van der Waals surface area contributed by atoms with Gasteiger partial charge in [-0.05, 0) is 42.2 Å². The first-order valence-electron chi connectivity index (χ1n) is 15.8. The van der Waals surface area contributed by atoms with Crippen molar-refractivity contribution < 1.29 is 33.6 Å². The van der Waals surface area contributed by atoms with Gasteiger partial charge in [-0.2, -0.15) is 11.8 Å². The average Bonchev–Trinajstić information content (AvgIpc) is 3.41. The van der Waals surface area contributed by atoms with Crippen LogP contribution in [-0.4, -0.2) is 127 Å². The third-order valence-corrected chi connectivity index (χ3v) is 14.3. The minimum Gasteiger partial charge on any atom is -0.445 e. The summed E-state index contributed by atoms with van der Waals surface area (Å²) in [5.74, 6) is 0.589. The topological polar surface area (TPSA) is 167 Å². The molecule has 2 aliphatic rings. The van der Waals surface area contributed by atoms with Crippen LogP contribution in [0, 0.1) is 10.1 Å². The number of carbonyl (C=O) groups is 3. The molecule has 2 heterocycles. The highest BCUT2D eigenvalue weighted by molar-refractivity contribution is 7.99. The van der Waals surface area contributed by atoms with E-state index >= 15 is 0 Å². The Bertz CT molecular complexity index is 1180. The van der Waals surface area contributed by atoms with E-state index in [2.05, 4.69) is 44.5 Å². The van der Waals surface area contributed by atoms with Crippen LogP contribution in [0.2, 0.25) is 18.1 Å². The number of carbonyl (C=O) groups excluding carboxylic acids is 3. The maximum Gasteiger partial charge on any atom is 0.410 e. The maximum absolute atomic E-state index is 13.2. The Kier molecular flexibility index (Phi) is 14.3. The fourth-order valence-corrected chi connectivity index (χ4v) is 7.47. The summed E-state index contributed by atoms with van der Waals surface area (Å²) in [6.07, 6.45) is 0.260. The molecule has 0 unspecified atom stereocenters. The number of non-ortho nitro benzene ring substituents is 1. The minimum absolute atomic E-state index is 0.00970. The number of hydrogen-bond acceptors (Lipinski definition) is 11. The highest BCUT2D eigenvalue weighted by Crippen LogP contribution is 2.39. The van der Waals surface area contributed by atoms with Crippen LogP contribution < -0.4 is 10.6 Å². The maximum atomic E-state index is 13.2. The number of piperazine rings is 1. The van der Waals surface area contributed by atoms with Crippen molar-refractivity contribution in [3.8, 4) is 0 Å². The highest BCUT2D eigenvalue weighted by atomic mass is 32.2. The van der Waals surface area contributed by atoms with Crippen molar-refractivity contribution in [3.63, 3.8) is 0 Å². The largest absolute Gasteiger partial charge is 0.445 e. The van der Waals surface area contributed by atoms with E-state index < -0.39 is 19.3 Å². The third kappa shape index (κ3) is 11.2. The second kappa shape index (κ2) is 17.4.